The Kier molecular flexibility index (Phi) is 4.19. The van der Waals surface area contributed by atoms with E-state index < -0.39 is 0 Å². The number of nitroso groups, excluding NO2 is 1. The number of nitrogens with one attached hydrogen (secondary N) is 1. The first-order valence-corrected chi connectivity index (χ1v) is 7.46. The van der Waals surface area contributed by atoms with E-state index in [1.54, 1.807) is 12.1 Å². The summed E-state index contributed by atoms with van der Waals surface area (Å²) in [7, 11) is 0. The first-order chi connectivity index (χ1) is 10.8. The summed E-state index contributed by atoms with van der Waals surface area (Å²) in [6.45, 7) is 2.50. The lowest BCUT2D eigenvalue weighted by molar-refractivity contribution is 0.307. The minimum atomic E-state index is 0.334. The van der Waals surface area contributed by atoms with Crippen LogP contribution in [-0.4, -0.2) is 4.98 Å². The number of hydrogen-bond donors (Lipinski definition) is 1. The van der Waals surface area contributed by atoms with Crippen molar-refractivity contribution in [1.29, 1.82) is 0 Å². The number of rotatable bonds is 6. The fraction of sp³-hybridized carbons (Fsp3) is 0.222. The van der Waals surface area contributed by atoms with Crippen molar-refractivity contribution < 1.29 is 4.74 Å². The Labute approximate surface area is 129 Å². The van der Waals surface area contributed by atoms with Crippen LogP contribution < -0.4 is 4.74 Å². The molecule has 4 heteroatoms. The van der Waals surface area contributed by atoms with Crippen molar-refractivity contribution in [2.75, 3.05) is 0 Å². The second-order valence-corrected chi connectivity index (χ2v) is 5.28. The van der Waals surface area contributed by atoms with Crippen LogP contribution in [0, 0.1) is 4.91 Å². The lowest BCUT2D eigenvalue weighted by Crippen LogP contribution is -1.95. The molecule has 2 aromatic carbocycles. The highest BCUT2D eigenvalue weighted by Gasteiger charge is 2.06. The Morgan fingerprint density at radius 2 is 2.00 bits per heavy atom. The van der Waals surface area contributed by atoms with Crippen molar-refractivity contribution in [1.82, 2.24) is 4.98 Å². The van der Waals surface area contributed by atoms with Gasteiger partial charge in [0.2, 0.25) is 0 Å². The van der Waals surface area contributed by atoms with Gasteiger partial charge in [0.25, 0.3) is 0 Å². The zero-order chi connectivity index (χ0) is 15.4. The SMILES string of the molecule is CCCc1c[nH]c2ccc(OCc3ccccc3N=O)cc12. The number of fused-ring (bicyclic) bond motifs is 1. The Morgan fingerprint density at radius 1 is 1.14 bits per heavy atom. The summed E-state index contributed by atoms with van der Waals surface area (Å²) in [5.74, 6) is 0.796. The third-order valence-corrected chi connectivity index (χ3v) is 3.74. The van der Waals surface area contributed by atoms with Crippen molar-refractivity contribution in [3.63, 3.8) is 0 Å². The molecule has 3 rings (SSSR count). The van der Waals surface area contributed by atoms with Crippen LogP contribution in [0.3, 0.4) is 0 Å². The zero-order valence-corrected chi connectivity index (χ0v) is 12.5. The number of H-pyrrole nitrogens is 1. The molecule has 0 bridgehead atoms. The van der Waals surface area contributed by atoms with E-state index in [0.29, 0.717) is 12.3 Å². The van der Waals surface area contributed by atoms with Crippen LogP contribution in [0.25, 0.3) is 10.9 Å². The fourth-order valence-electron chi connectivity index (χ4n) is 2.61. The summed E-state index contributed by atoms with van der Waals surface area (Å²) in [6.07, 6.45) is 4.21. The zero-order valence-electron chi connectivity index (χ0n) is 12.5. The van der Waals surface area contributed by atoms with E-state index in [1.807, 2.05) is 30.3 Å². The molecule has 22 heavy (non-hydrogen) atoms. The average molecular weight is 294 g/mol. The normalized spacial score (nSPS) is 10.8. The number of hydrogen-bond acceptors (Lipinski definition) is 3. The minimum absolute atomic E-state index is 0.334. The van der Waals surface area contributed by atoms with Crippen molar-refractivity contribution in [2.45, 2.75) is 26.4 Å². The summed E-state index contributed by atoms with van der Waals surface area (Å²) >= 11 is 0. The number of aromatic amines is 1. The largest absolute Gasteiger partial charge is 0.489 e. The summed E-state index contributed by atoms with van der Waals surface area (Å²) < 4.78 is 5.83. The standard InChI is InChI=1S/C18H18N2O2/c1-2-5-13-11-19-18-9-8-15(10-16(13)18)22-12-14-6-3-4-7-17(14)20-21/h3-4,6-11,19H,2,5,12H2,1H3. The molecule has 0 spiro atoms. The van der Waals surface area contributed by atoms with Gasteiger partial charge in [0.05, 0.1) is 0 Å². The van der Waals surface area contributed by atoms with Gasteiger partial charge in [-0.25, -0.2) is 0 Å². The molecule has 0 aliphatic carbocycles. The summed E-state index contributed by atoms with van der Waals surface area (Å²) in [5, 5.41) is 4.22. The van der Waals surface area contributed by atoms with E-state index >= 15 is 0 Å². The molecule has 0 amide bonds. The first kappa shape index (κ1) is 14.3. The molecule has 0 unspecified atom stereocenters. The van der Waals surface area contributed by atoms with Crippen LogP contribution in [0.4, 0.5) is 5.69 Å². The highest BCUT2D eigenvalue weighted by Crippen LogP contribution is 2.26. The van der Waals surface area contributed by atoms with E-state index in [4.69, 9.17) is 4.74 Å². The molecule has 0 aliphatic heterocycles. The van der Waals surface area contributed by atoms with Gasteiger partial charge < -0.3 is 9.72 Å². The minimum Gasteiger partial charge on any atom is -0.489 e. The number of ether oxygens (including phenoxy) is 1. The topological polar surface area (TPSA) is 54.4 Å². The number of aromatic nitrogens is 1. The van der Waals surface area contributed by atoms with E-state index in [2.05, 4.69) is 23.3 Å². The van der Waals surface area contributed by atoms with E-state index in [-0.39, 0.29) is 0 Å². The molecule has 0 saturated heterocycles. The monoisotopic (exact) mass is 294 g/mol. The molecule has 0 fully saturated rings. The van der Waals surface area contributed by atoms with Gasteiger partial charge >= 0.3 is 0 Å². The van der Waals surface area contributed by atoms with E-state index in [9.17, 15) is 4.91 Å². The van der Waals surface area contributed by atoms with Crippen LogP contribution in [0.1, 0.15) is 24.5 Å². The van der Waals surface area contributed by atoms with Crippen molar-refractivity contribution in [2.24, 2.45) is 5.18 Å². The predicted molar refractivity (Wildman–Crippen MR) is 88.5 cm³/mol. The molecule has 1 aromatic heterocycles. The summed E-state index contributed by atoms with van der Waals surface area (Å²) in [6, 6.07) is 13.2. The lowest BCUT2D eigenvalue weighted by atomic mass is 10.1. The molecular weight excluding hydrogens is 276 g/mol. The molecule has 0 aliphatic rings. The van der Waals surface area contributed by atoms with Crippen LogP contribution in [0.5, 0.6) is 5.75 Å². The summed E-state index contributed by atoms with van der Waals surface area (Å²) in [4.78, 5) is 14.1. The molecule has 0 atom stereocenters. The van der Waals surface area contributed by atoms with Crippen molar-refractivity contribution in [3.05, 3.63) is 64.7 Å². The molecule has 4 nitrogen and oxygen atoms in total. The van der Waals surface area contributed by atoms with Gasteiger partial charge in [-0.15, -0.1) is 4.91 Å². The fourth-order valence-corrected chi connectivity index (χ4v) is 2.61. The van der Waals surface area contributed by atoms with Gasteiger partial charge in [-0.2, -0.15) is 0 Å². The molecule has 1 heterocycles. The second kappa shape index (κ2) is 6.43. The van der Waals surface area contributed by atoms with Gasteiger partial charge in [0, 0.05) is 22.7 Å². The third-order valence-electron chi connectivity index (χ3n) is 3.74. The Balaban J connectivity index is 1.81. The molecule has 0 saturated carbocycles. The van der Waals surface area contributed by atoms with Gasteiger partial charge in [-0.3, -0.25) is 0 Å². The molecule has 1 N–H and O–H groups in total. The highest BCUT2D eigenvalue weighted by molar-refractivity contribution is 5.84. The summed E-state index contributed by atoms with van der Waals surface area (Å²) in [5.41, 5.74) is 3.64. The molecular formula is C18H18N2O2. The van der Waals surface area contributed by atoms with Gasteiger partial charge in [-0.05, 0) is 41.4 Å². The Morgan fingerprint density at radius 3 is 2.82 bits per heavy atom. The van der Waals surface area contributed by atoms with Gasteiger partial charge in [-0.1, -0.05) is 31.5 Å². The van der Waals surface area contributed by atoms with E-state index in [0.717, 1.165) is 29.7 Å². The van der Waals surface area contributed by atoms with Crippen LogP contribution in [0.2, 0.25) is 0 Å². The van der Waals surface area contributed by atoms with Crippen LogP contribution in [0.15, 0.2) is 53.8 Å². The van der Waals surface area contributed by atoms with Gasteiger partial charge in [0.1, 0.15) is 18.0 Å². The second-order valence-electron chi connectivity index (χ2n) is 5.28. The maximum absolute atomic E-state index is 10.8. The quantitative estimate of drug-likeness (QED) is 0.643. The van der Waals surface area contributed by atoms with Crippen molar-refractivity contribution >= 4 is 16.6 Å². The molecule has 112 valence electrons. The highest BCUT2D eigenvalue weighted by atomic mass is 16.5. The van der Waals surface area contributed by atoms with Gasteiger partial charge in [0.15, 0.2) is 0 Å². The Bertz CT molecular complexity index is 793. The molecule has 0 radical (unpaired) electrons. The first-order valence-electron chi connectivity index (χ1n) is 7.46. The predicted octanol–water partition coefficient (Wildman–Crippen LogP) is 5.10. The number of aryl methyl sites for hydroxylation is 1. The van der Waals surface area contributed by atoms with E-state index in [1.165, 1.54) is 10.9 Å². The lowest BCUT2D eigenvalue weighted by Gasteiger charge is -2.08. The maximum Gasteiger partial charge on any atom is 0.120 e. The van der Waals surface area contributed by atoms with Crippen molar-refractivity contribution in [3.8, 4) is 5.75 Å². The van der Waals surface area contributed by atoms with Crippen LogP contribution in [-0.2, 0) is 13.0 Å². The number of benzene rings is 2. The maximum atomic E-state index is 10.8. The molecule has 3 aromatic rings. The van der Waals surface area contributed by atoms with Crippen LogP contribution >= 0.6 is 0 Å². The average Bonchev–Trinajstić information content (AvgIpc) is 2.96. The third kappa shape index (κ3) is 2.86. The number of nitrogens with zero attached hydrogens (tertiary/aromatic N) is 1. The smallest absolute Gasteiger partial charge is 0.120 e. The Hall–Kier alpha value is -2.62.